The third kappa shape index (κ3) is 20.1. The molecule has 5 amide bonds. The molecule has 137 heavy (non-hydrogen) atoms. The minimum Gasteiger partial charge on any atom is -0.355 e. The molecule has 0 unspecified atom stereocenters. The lowest BCUT2D eigenvalue weighted by molar-refractivity contribution is -0.119. The van der Waals surface area contributed by atoms with Crippen LogP contribution in [0.4, 0.5) is 0 Å². The lowest BCUT2D eigenvalue weighted by Crippen LogP contribution is -2.35. The molecule has 0 aliphatic carbocycles. The number of tetrazole rings is 1. The van der Waals surface area contributed by atoms with Crippen molar-refractivity contribution in [3.8, 4) is 0 Å². The van der Waals surface area contributed by atoms with Crippen LogP contribution in [0.25, 0.3) is 65.7 Å². The molecule has 0 spiro atoms. The molecule has 696 valence electrons. The largest absolute Gasteiger partial charge is 0.355 e. The van der Waals surface area contributed by atoms with E-state index in [4.69, 9.17) is 50.9 Å². The molecule has 41 heteroatoms. The van der Waals surface area contributed by atoms with E-state index in [1.54, 1.807) is 196 Å². The molecule has 4 atom stereocenters. The lowest BCUT2D eigenvalue weighted by Gasteiger charge is -2.21. The molecular formula is C96H89Cl4N27O10. The number of carbonyl (C=O) groups is 5. The molecule has 0 saturated carbocycles. The molecule has 14 aromatic heterocycles. The van der Waals surface area contributed by atoms with Gasteiger partial charge in [0, 0.05) is 125 Å². The Labute approximate surface area is 798 Å². The second-order valence-electron chi connectivity index (χ2n) is 32.4. The fraction of sp³-hybridized carbons (Fsp3) is 0.229. The van der Waals surface area contributed by atoms with Crippen LogP contribution in [-0.4, -0.2) is 144 Å². The second kappa shape index (κ2) is 40.9. The smallest absolute Gasteiger partial charge is 0.260 e. The third-order valence-electron chi connectivity index (χ3n) is 23.1. The maximum Gasteiger partial charge on any atom is 0.260 e. The average molecular weight is 1920 g/mol. The predicted molar refractivity (Wildman–Crippen MR) is 517 cm³/mol. The van der Waals surface area contributed by atoms with Gasteiger partial charge in [0.25, 0.3) is 45.9 Å². The van der Waals surface area contributed by atoms with Gasteiger partial charge in [0.1, 0.15) is 22.3 Å². The molecule has 37 nitrogen and oxygen atoms in total. The summed E-state index contributed by atoms with van der Waals surface area (Å²) in [6.07, 6.45) is 14.8. The van der Waals surface area contributed by atoms with Crippen LogP contribution in [0.1, 0.15) is 169 Å². The van der Waals surface area contributed by atoms with E-state index >= 15 is 0 Å². The highest BCUT2D eigenvalue weighted by Gasteiger charge is 2.30. The van der Waals surface area contributed by atoms with Gasteiger partial charge in [-0.2, -0.15) is 30.6 Å². The highest BCUT2D eigenvalue weighted by Crippen LogP contribution is 2.31. The van der Waals surface area contributed by atoms with Crippen LogP contribution in [0.3, 0.4) is 0 Å². The second-order valence-corrected chi connectivity index (χ2v) is 34.0. The number of nitrogens with zero attached hydrogens (tertiary/aromatic N) is 21. The number of hydrogen-bond donors (Lipinski definition) is 6. The highest BCUT2D eigenvalue weighted by atomic mass is 35.5. The van der Waals surface area contributed by atoms with Gasteiger partial charge in [0.05, 0.1) is 88.6 Å². The van der Waals surface area contributed by atoms with Gasteiger partial charge in [-0.1, -0.05) is 136 Å². The number of rotatable bonds is 24. The topological polar surface area (TPSA) is 448 Å². The number of hydrogen-bond acceptors (Lipinski definition) is 23. The summed E-state index contributed by atoms with van der Waals surface area (Å²) in [6, 6.07) is 43.7. The number of benzene rings is 5. The lowest BCUT2D eigenvalue weighted by atomic mass is 10.1. The van der Waals surface area contributed by atoms with Crippen molar-refractivity contribution < 1.29 is 28.5 Å². The Balaban J connectivity index is 0.000000132. The minimum absolute atomic E-state index is 0.172. The fourth-order valence-corrected chi connectivity index (χ4v) is 17.7. The van der Waals surface area contributed by atoms with Gasteiger partial charge in [-0.15, -0.1) is 10.2 Å². The van der Waals surface area contributed by atoms with Crippen molar-refractivity contribution in [3.05, 3.63) is 354 Å². The monoisotopic (exact) mass is 1920 g/mol. The number of aryl methyl sites for hydroxylation is 8. The molecule has 14 heterocycles. The normalized spacial score (nSPS) is 12.2. The van der Waals surface area contributed by atoms with Crippen molar-refractivity contribution in [2.75, 3.05) is 6.54 Å². The van der Waals surface area contributed by atoms with Gasteiger partial charge < -0.3 is 49.4 Å². The summed E-state index contributed by atoms with van der Waals surface area (Å²) in [7, 11) is 0. The molecular weight excluding hydrogens is 1830 g/mol. The number of nitrogens with one attached hydrogen (secondary N) is 6. The Morgan fingerprint density at radius 2 is 0.723 bits per heavy atom. The number of aromatic nitrogens is 22. The minimum atomic E-state index is -0.524. The van der Waals surface area contributed by atoms with Crippen LogP contribution in [0.2, 0.25) is 20.1 Å². The SMILES string of the molecule is CC(=O)NCCn1c([C@H](C)NC(=O)c2c(C)nn3cccnc23)cc2cccc(Cl)c2c1=O.Cc1nn2cccnc2c1C(=O)N[C@@H](C)c1cc2cccc(Cl)c2c(=O)n1CCc1ccccc1.Cc1nn2cccnc2c1C(=O)N[C@@H](C)c1cc2cccc(Cl)c2c(=O)n1CCc1nn[nH]n1.Cc1noc(CCn2c([C@H](C)NC(=O)c3c(C)nn4cccnc34)cc3cccc(Cl)c3c2=O)n1. The number of carbonyl (C=O) groups excluding carboxylic acids is 5. The fourth-order valence-electron chi connectivity index (χ4n) is 16.7. The van der Waals surface area contributed by atoms with Gasteiger partial charge in [0.15, 0.2) is 34.2 Å². The molecule has 19 aromatic rings. The van der Waals surface area contributed by atoms with Crippen molar-refractivity contribution in [2.45, 2.75) is 139 Å². The summed E-state index contributed by atoms with van der Waals surface area (Å²) in [5.41, 5.74) is 8.37. The number of pyridine rings is 4. The van der Waals surface area contributed by atoms with E-state index < -0.39 is 24.2 Å². The maximum atomic E-state index is 13.6. The summed E-state index contributed by atoms with van der Waals surface area (Å²) in [5.74, 6) is -0.0830. The summed E-state index contributed by atoms with van der Waals surface area (Å²) in [4.78, 5) is 140. The van der Waals surface area contributed by atoms with Crippen LogP contribution in [0, 0.1) is 34.6 Å². The van der Waals surface area contributed by atoms with Gasteiger partial charge in [-0.05, 0) is 169 Å². The van der Waals surface area contributed by atoms with Crippen LogP contribution in [-0.2, 0) is 50.2 Å². The zero-order valence-electron chi connectivity index (χ0n) is 75.5. The zero-order valence-corrected chi connectivity index (χ0v) is 78.5. The van der Waals surface area contributed by atoms with Crippen molar-refractivity contribution in [2.24, 2.45) is 0 Å². The summed E-state index contributed by atoms with van der Waals surface area (Å²) in [6.45, 7) is 19.0. The highest BCUT2D eigenvalue weighted by molar-refractivity contribution is 6.37. The standard InChI is InChI=1S/C27H24ClN5O2.C24H22ClN7O3.C23H23ClN6O3.C22H20ClN9O2/c1-17(30-26(34)23-18(2)31-33-14-7-13-29-25(23)33)22-16-20-10-6-11-21(28)24(20)27(35)32(22)15-12-19-8-4-3-5-9-19;1-13(27-23(33)20-14(2)29-32-10-5-9-26-22(20)32)18-12-16-6-4-7-17(25)21(16)24(34)31(18)11-8-19-28-15(3)30-35-19;1-13(27-22(32)19-14(2)28-30-10-5-8-26-21(19)30)18-12-16-6-4-7-17(24)20(16)23(33)29(18)11-9-25-15(3)31;1-12(25-21(33)18-13(2)28-32-9-4-8-24-20(18)32)16-11-14-5-3-6-15(23)19(14)22(34)31(16)10-7-17-26-29-30-27-17/h3-11,13-14,16-17H,12,15H2,1-2H3,(H,30,34);4-7,9-10,12-13H,8,11H2,1-3H3,(H,27,33);4-8,10,12-13H,9,11H2,1-3H3,(H,25,31)(H,27,32);3-6,8-9,11-12H,7,10H2,1-2H3,(H,25,33)(H,26,27,29,30)/t17-;2*13-;12-/m0000/s1. The van der Waals surface area contributed by atoms with E-state index in [1.165, 1.54) is 11.5 Å². The van der Waals surface area contributed by atoms with Crippen molar-refractivity contribution in [1.29, 1.82) is 0 Å². The number of amides is 5. The Morgan fingerprint density at radius 1 is 0.401 bits per heavy atom. The number of fused-ring (bicyclic) bond motifs is 8. The zero-order chi connectivity index (χ0) is 96.7. The first-order valence-corrected chi connectivity index (χ1v) is 45.0. The van der Waals surface area contributed by atoms with Gasteiger partial charge in [-0.25, -0.2) is 38.0 Å². The van der Waals surface area contributed by atoms with Crippen LogP contribution in [0.15, 0.2) is 225 Å². The predicted octanol–water partition coefficient (Wildman–Crippen LogP) is 13.1. The average Bonchev–Trinajstić information content (AvgIpc) is 1.72. The van der Waals surface area contributed by atoms with E-state index in [0.29, 0.717) is 192 Å². The first-order chi connectivity index (χ1) is 66.0. The molecule has 0 radical (unpaired) electrons. The summed E-state index contributed by atoms with van der Waals surface area (Å²) < 4.78 is 17.9. The third-order valence-corrected chi connectivity index (χ3v) is 24.3. The van der Waals surface area contributed by atoms with E-state index in [0.717, 1.165) is 10.9 Å². The Kier molecular flexibility index (Phi) is 28.2. The van der Waals surface area contributed by atoms with Crippen molar-refractivity contribution in [1.82, 2.24) is 134 Å². The van der Waals surface area contributed by atoms with Crippen molar-refractivity contribution >= 4 is 142 Å². The summed E-state index contributed by atoms with van der Waals surface area (Å²) >= 11 is 25.4. The number of aromatic amines is 1. The summed E-state index contributed by atoms with van der Waals surface area (Å²) in [5, 5.41) is 55.9. The molecule has 6 N–H and O–H groups in total. The molecule has 5 aromatic carbocycles. The van der Waals surface area contributed by atoms with Crippen molar-refractivity contribution in [3.63, 3.8) is 0 Å². The van der Waals surface area contributed by atoms with E-state index in [-0.39, 0.29) is 78.0 Å². The molecule has 0 aliphatic heterocycles. The van der Waals surface area contributed by atoms with Gasteiger partial charge >= 0.3 is 0 Å². The first-order valence-electron chi connectivity index (χ1n) is 43.5. The molecule has 0 bridgehead atoms. The van der Waals surface area contributed by atoms with Crippen LogP contribution < -0.4 is 48.8 Å². The molecule has 19 rings (SSSR count). The van der Waals surface area contributed by atoms with Gasteiger partial charge in [0.2, 0.25) is 11.8 Å². The molecule has 0 saturated heterocycles. The molecule has 0 aliphatic rings. The molecule has 0 fully saturated rings. The Hall–Kier alpha value is -15.9. The van der Waals surface area contributed by atoms with Gasteiger partial charge in [-0.3, -0.25) is 43.2 Å². The van der Waals surface area contributed by atoms with E-state index in [1.807, 2.05) is 99.6 Å². The maximum absolute atomic E-state index is 13.6. The first kappa shape index (κ1) is 94.3. The van der Waals surface area contributed by atoms with E-state index in [9.17, 15) is 43.2 Å². The van der Waals surface area contributed by atoms with Crippen LogP contribution in [0.5, 0.6) is 0 Å². The number of H-pyrrole nitrogens is 1. The number of halogens is 4. The quantitative estimate of drug-likeness (QED) is 0.0327. The van der Waals surface area contributed by atoms with Crippen LogP contribution >= 0.6 is 46.4 Å². The van der Waals surface area contributed by atoms with E-state index in [2.05, 4.69) is 97.7 Å². The Bertz CT molecular complexity index is 8140. The Morgan fingerprint density at radius 3 is 1.03 bits per heavy atom.